The highest BCUT2D eigenvalue weighted by Gasteiger charge is 2.42. The van der Waals surface area contributed by atoms with Gasteiger partial charge in [0.25, 0.3) is 0 Å². The van der Waals surface area contributed by atoms with Crippen molar-refractivity contribution in [3.63, 3.8) is 0 Å². The van der Waals surface area contributed by atoms with Gasteiger partial charge < -0.3 is 19.6 Å². The molecule has 2 aliphatic rings. The number of anilines is 1. The van der Waals surface area contributed by atoms with Crippen LogP contribution in [-0.4, -0.2) is 70.8 Å². The first kappa shape index (κ1) is 21.0. The lowest BCUT2D eigenvalue weighted by Crippen LogP contribution is -2.54. The van der Waals surface area contributed by atoms with Gasteiger partial charge in [0.15, 0.2) is 0 Å². The van der Waals surface area contributed by atoms with Crippen molar-refractivity contribution >= 4 is 23.8 Å². The van der Waals surface area contributed by atoms with Crippen LogP contribution in [0, 0.1) is 5.92 Å². The third-order valence-corrected chi connectivity index (χ3v) is 5.22. The summed E-state index contributed by atoms with van der Waals surface area (Å²) in [6, 6.07) is 7.30. The van der Waals surface area contributed by atoms with Gasteiger partial charge in [-0.1, -0.05) is 19.1 Å². The van der Waals surface area contributed by atoms with Crippen molar-refractivity contribution in [2.45, 2.75) is 45.8 Å². The Balaban J connectivity index is 1.64. The molecular weight excluding hydrogens is 374 g/mol. The number of piperazine rings is 1. The van der Waals surface area contributed by atoms with Gasteiger partial charge in [0.2, 0.25) is 0 Å². The molecule has 1 aromatic carbocycles. The van der Waals surface area contributed by atoms with Crippen molar-refractivity contribution in [3.05, 3.63) is 29.8 Å². The quantitative estimate of drug-likeness (QED) is 0.835. The van der Waals surface area contributed by atoms with Crippen molar-refractivity contribution in [2.24, 2.45) is 5.92 Å². The topological polar surface area (TPSA) is 90.4 Å². The molecular formula is C21H29N3O5. The zero-order chi connectivity index (χ0) is 21.3. The molecule has 0 saturated carbocycles. The molecule has 2 fully saturated rings. The SMILES string of the molecule is CC(Cc1ccc(N2C[C@@H]3CN(C(=O)OC(C)(C)C)CCN3C2=O)cc1)C(=O)O. The van der Waals surface area contributed by atoms with E-state index >= 15 is 0 Å². The largest absolute Gasteiger partial charge is 0.481 e. The van der Waals surface area contributed by atoms with Crippen molar-refractivity contribution < 1.29 is 24.2 Å². The lowest BCUT2D eigenvalue weighted by molar-refractivity contribution is -0.141. The molecule has 0 radical (unpaired) electrons. The van der Waals surface area contributed by atoms with Crippen molar-refractivity contribution in [2.75, 3.05) is 31.1 Å². The molecule has 3 rings (SSSR count). The number of hydrogen-bond donors (Lipinski definition) is 1. The van der Waals surface area contributed by atoms with Crippen LogP contribution in [0.5, 0.6) is 0 Å². The molecule has 0 spiro atoms. The minimum Gasteiger partial charge on any atom is -0.481 e. The fourth-order valence-electron chi connectivity index (χ4n) is 3.67. The van der Waals surface area contributed by atoms with E-state index in [2.05, 4.69) is 0 Å². The summed E-state index contributed by atoms with van der Waals surface area (Å²) in [4.78, 5) is 41.4. The summed E-state index contributed by atoms with van der Waals surface area (Å²) in [7, 11) is 0. The van der Waals surface area contributed by atoms with E-state index in [4.69, 9.17) is 9.84 Å². The fourth-order valence-corrected chi connectivity index (χ4v) is 3.67. The third-order valence-electron chi connectivity index (χ3n) is 5.22. The summed E-state index contributed by atoms with van der Waals surface area (Å²) in [5, 5.41) is 9.05. The zero-order valence-electron chi connectivity index (χ0n) is 17.4. The van der Waals surface area contributed by atoms with Gasteiger partial charge in [-0.3, -0.25) is 9.69 Å². The molecule has 0 aliphatic carbocycles. The molecule has 8 nitrogen and oxygen atoms in total. The Morgan fingerprint density at radius 2 is 1.83 bits per heavy atom. The number of benzene rings is 1. The van der Waals surface area contributed by atoms with Gasteiger partial charge in [-0.05, 0) is 44.9 Å². The van der Waals surface area contributed by atoms with Gasteiger partial charge in [0, 0.05) is 31.9 Å². The van der Waals surface area contributed by atoms with Crippen molar-refractivity contribution in [1.82, 2.24) is 9.80 Å². The van der Waals surface area contributed by atoms with Crippen LogP contribution in [0.15, 0.2) is 24.3 Å². The summed E-state index contributed by atoms with van der Waals surface area (Å²) in [5.74, 6) is -1.28. The van der Waals surface area contributed by atoms with E-state index in [9.17, 15) is 14.4 Å². The smallest absolute Gasteiger partial charge is 0.410 e. The van der Waals surface area contributed by atoms with E-state index in [-0.39, 0.29) is 18.2 Å². The molecule has 1 aromatic rings. The number of carbonyl (C=O) groups is 3. The van der Waals surface area contributed by atoms with E-state index < -0.39 is 17.5 Å². The Hall–Kier alpha value is -2.77. The Kier molecular flexibility index (Phi) is 5.73. The standard InChI is InChI=1S/C21H29N3O5/c1-14(18(25)26)11-15-5-7-16(8-6-15)24-13-17-12-22(9-10-23(17)19(24)27)20(28)29-21(2,3)4/h5-8,14,17H,9-13H2,1-4H3,(H,25,26)/t14?,17-/m0/s1. The number of urea groups is 1. The summed E-state index contributed by atoms with van der Waals surface area (Å²) < 4.78 is 5.45. The summed E-state index contributed by atoms with van der Waals surface area (Å²) in [5.41, 5.74) is 1.15. The predicted molar refractivity (Wildman–Crippen MR) is 108 cm³/mol. The second-order valence-electron chi connectivity index (χ2n) is 8.78. The number of carbonyl (C=O) groups excluding carboxylic acids is 2. The van der Waals surface area contributed by atoms with Gasteiger partial charge in [0.05, 0.1) is 12.0 Å². The van der Waals surface area contributed by atoms with Crippen molar-refractivity contribution in [3.8, 4) is 0 Å². The molecule has 3 amide bonds. The number of aliphatic carboxylic acids is 1. The number of fused-ring (bicyclic) bond motifs is 1. The van der Waals surface area contributed by atoms with Gasteiger partial charge in [0.1, 0.15) is 5.60 Å². The molecule has 2 saturated heterocycles. The van der Waals surface area contributed by atoms with E-state index in [0.29, 0.717) is 32.6 Å². The first-order chi connectivity index (χ1) is 13.5. The van der Waals surface area contributed by atoms with E-state index in [1.807, 2.05) is 45.0 Å². The van der Waals surface area contributed by atoms with Gasteiger partial charge >= 0.3 is 18.1 Å². The Labute approximate surface area is 171 Å². The fraction of sp³-hybridized carbons (Fsp3) is 0.571. The van der Waals surface area contributed by atoms with Crippen LogP contribution < -0.4 is 4.90 Å². The summed E-state index contributed by atoms with van der Waals surface area (Å²) in [6.07, 6.45) is 0.100. The molecule has 1 N–H and O–H groups in total. The minimum atomic E-state index is -0.824. The summed E-state index contributed by atoms with van der Waals surface area (Å²) >= 11 is 0. The maximum Gasteiger partial charge on any atom is 0.410 e. The molecule has 1 unspecified atom stereocenters. The molecule has 8 heteroatoms. The maximum atomic E-state index is 12.8. The van der Waals surface area contributed by atoms with Gasteiger partial charge in [-0.2, -0.15) is 0 Å². The average Bonchev–Trinajstić information content (AvgIpc) is 2.97. The Bertz CT molecular complexity index is 787. The van der Waals surface area contributed by atoms with Crippen molar-refractivity contribution in [1.29, 1.82) is 0 Å². The average molecular weight is 403 g/mol. The van der Waals surface area contributed by atoms with Crippen LogP contribution in [0.3, 0.4) is 0 Å². The molecule has 0 bridgehead atoms. The second-order valence-corrected chi connectivity index (χ2v) is 8.78. The number of carboxylic acid groups (broad SMARTS) is 1. The lowest BCUT2D eigenvalue weighted by atomic mass is 10.0. The molecule has 2 heterocycles. The number of hydrogen-bond acceptors (Lipinski definition) is 4. The monoisotopic (exact) mass is 403 g/mol. The second kappa shape index (κ2) is 7.93. The van der Waals surface area contributed by atoms with Crippen LogP contribution in [0.1, 0.15) is 33.3 Å². The van der Waals surface area contributed by atoms with Gasteiger partial charge in [-0.15, -0.1) is 0 Å². The van der Waals surface area contributed by atoms with Gasteiger partial charge in [-0.25, -0.2) is 9.59 Å². The predicted octanol–water partition coefficient (Wildman–Crippen LogP) is 2.81. The van der Waals surface area contributed by atoms with E-state index in [1.54, 1.807) is 21.6 Å². The normalized spacial score (nSPS) is 20.5. The highest BCUT2D eigenvalue weighted by atomic mass is 16.6. The van der Waals surface area contributed by atoms with E-state index in [0.717, 1.165) is 11.3 Å². The van der Waals surface area contributed by atoms with Crippen LogP contribution >= 0.6 is 0 Å². The number of amides is 3. The first-order valence-corrected chi connectivity index (χ1v) is 9.93. The molecule has 158 valence electrons. The minimum absolute atomic E-state index is 0.0644. The molecule has 2 atom stereocenters. The molecule has 0 aromatic heterocycles. The zero-order valence-corrected chi connectivity index (χ0v) is 17.4. The van der Waals surface area contributed by atoms with Crippen LogP contribution in [0.25, 0.3) is 0 Å². The number of carboxylic acids is 1. The Morgan fingerprint density at radius 3 is 2.41 bits per heavy atom. The van der Waals surface area contributed by atoms with Crippen LogP contribution in [0.4, 0.5) is 15.3 Å². The van der Waals surface area contributed by atoms with Crippen LogP contribution in [-0.2, 0) is 16.0 Å². The summed E-state index contributed by atoms with van der Waals surface area (Å²) in [6.45, 7) is 9.07. The van der Waals surface area contributed by atoms with Crippen LogP contribution in [0.2, 0.25) is 0 Å². The third kappa shape index (κ3) is 4.81. The molecule has 29 heavy (non-hydrogen) atoms. The first-order valence-electron chi connectivity index (χ1n) is 9.93. The number of nitrogens with zero attached hydrogens (tertiary/aromatic N) is 3. The Morgan fingerprint density at radius 1 is 1.17 bits per heavy atom. The number of rotatable bonds is 4. The molecule has 2 aliphatic heterocycles. The van der Waals surface area contributed by atoms with E-state index in [1.165, 1.54) is 0 Å². The number of ether oxygens (including phenoxy) is 1. The lowest BCUT2D eigenvalue weighted by Gasteiger charge is -2.36. The highest BCUT2D eigenvalue weighted by molar-refractivity contribution is 5.95. The highest BCUT2D eigenvalue weighted by Crippen LogP contribution is 2.27. The maximum absolute atomic E-state index is 12.8.